The third-order valence-corrected chi connectivity index (χ3v) is 2.96. The zero-order valence-corrected chi connectivity index (χ0v) is 10.4. The molecule has 0 aromatic heterocycles. The van der Waals surface area contributed by atoms with Crippen molar-refractivity contribution >= 4 is 15.7 Å². The summed E-state index contributed by atoms with van der Waals surface area (Å²) in [5.41, 5.74) is 0. The molecule has 1 fully saturated rings. The molecule has 16 heavy (non-hydrogen) atoms. The molecule has 1 saturated heterocycles. The maximum absolute atomic E-state index is 11.6. The predicted octanol–water partition coefficient (Wildman–Crippen LogP) is -0.703. The third kappa shape index (κ3) is 4.07. The average molecular weight is 251 g/mol. The monoisotopic (exact) mass is 251 g/mol. The lowest BCUT2D eigenvalue weighted by Gasteiger charge is -2.17. The van der Waals surface area contributed by atoms with Crippen molar-refractivity contribution in [2.45, 2.75) is 32.1 Å². The molecule has 1 aliphatic heterocycles. The second kappa shape index (κ2) is 5.11. The van der Waals surface area contributed by atoms with Crippen LogP contribution in [0, 0.1) is 0 Å². The first-order valence-electron chi connectivity index (χ1n) is 5.01. The molecule has 1 heterocycles. The number of carbonyl (C=O) groups excluding carboxylic acids is 1. The van der Waals surface area contributed by atoms with E-state index in [0.29, 0.717) is 0 Å². The van der Waals surface area contributed by atoms with E-state index < -0.39 is 22.0 Å². The standard InChI is InChI=1S/C9H17NO5S/c1-6(2)10-9(11)8-7(14-5-15-8)4-16(3,12)13/h6-8H,4-5H2,1-3H3,(H,10,11)/t7-,8+/m0/s1. The summed E-state index contributed by atoms with van der Waals surface area (Å²) in [6.07, 6.45) is -0.447. The van der Waals surface area contributed by atoms with Gasteiger partial charge >= 0.3 is 0 Å². The van der Waals surface area contributed by atoms with Crippen LogP contribution in [-0.4, -0.2) is 51.4 Å². The topological polar surface area (TPSA) is 81.7 Å². The minimum atomic E-state index is -3.19. The lowest BCUT2D eigenvalue weighted by molar-refractivity contribution is -0.130. The zero-order valence-electron chi connectivity index (χ0n) is 9.60. The molecule has 7 heteroatoms. The van der Waals surface area contributed by atoms with Crippen molar-refractivity contribution in [3.05, 3.63) is 0 Å². The summed E-state index contributed by atoms with van der Waals surface area (Å²) in [4.78, 5) is 11.6. The van der Waals surface area contributed by atoms with Crippen LogP contribution in [0.5, 0.6) is 0 Å². The first-order valence-corrected chi connectivity index (χ1v) is 7.07. The molecule has 94 valence electrons. The van der Waals surface area contributed by atoms with E-state index in [4.69, 9.17) is 9.47 Å². The SMILES string of the molecule is CC(C)NC(=O)[C@@H]1OCO[C@H]1CS(C)(=O)=O. The normalized spacial score (nSPS) is 26.0. The van der Waals surface area contributed by atoms with E-state index in [-0.39, 0.29) is 24.5 Å². The van der Waals surface area contributed by atoms with Gasteiger partial charge in [0.05, 0.1) is 5.75 Å². The highest BCUT2D eigenvalue weighted by molar-refractivity contribution is 7.90. The summed E-state index contributed by atoms with van der Waals surface area (Å²) in [5, 5.41) is 2.66. The van der Waals surface area contributed by atoms with Crippen LogP contribution in [0.4, 0.5) is 0 Å². The van der Waals surface area contributed by atoms with Crippen molar-refractivity contribution in [3.63, 3.8) is 0 Å². The molecular formula is C9H17NO5S. The molecule has 1 rings (SSSR count). The van der Waals surface area contributed by atoms with Crippen LogP contribution in [0.25, 0.3) is 0 Å². The minimum Gasteiger partial charge on any atom is -0.352 e. The molecule has 0 unspecified atom stereocenters. The fourth-order valence-electron chi connectivity index (χ4n) is 1.44. The van der Waals surface area contributed by atoms with E-state index in [0.717, 1.165) is 6.26 Å². The highest BCUT2D eigenvalue weighted by atomic mass is 32.2. The van der Waals surface area contributed by atoms with Gasteiger partial charge in [-0.2, -0.15) is 0 Å². The van der Waals surface area contributed by atoms with Gasteiger partial charge in [0.2, 0.25) is 0 Å². The van der Waals surface area contributed by atoms with Crippen LogP contribution in [0.3, 0.4) is 0 Å². The lowest BCUT2D eigenvalue weighted by atomic mass is 10.2. The Balaban J connectivity index is 2.62. The molecule has 0 bridgehead atoms. The number of nitrogens with one attached hydrogen (secondary N) is 1. The Bertz CT molecular complexity index is 351. The third-order valence-electron chi connectivity index (χ3n) is 2.02. The van der Waals surface area contributed by atoms with Gasteiger partial charge in [0.25, 0.3) is 5.91 Å². The molecule has 0 saturated carbocycles. The molecule has 1 amide bonds. The smallest absolute Gasteiger partial charge is 0.252 e. The molecule has 1 aliphatic rings. The second-order valence-corrected chi connectivity index (χ2v) is 6.35. The van der Waals surface area contributed by atoms with Gasteiger partial charge in [0.15, 0.2) is 6.10 Å². The molecule has 0 aromatic carbocycles. The summed E-state index contributed by atoms with van der Waals surface area (Å²) < 4.78 is 32.4. The predicted molar refractivity (Wildman–Crippen MR) is 57.6 cm³/mol. The van der Waals surface area contributed by atoms with Crippen LogP contribution >= 0.6 is 0 Å². The molecule has 0 radical (unpaired) electrons. The molecule has 1 N–H and O–H groups in total. The quantitative estimate of drug-likeness (QED) is 0.714. The second-order valence-electron chi connectivity index (χ2n) is 4.17. The van der Waals surface area contributed by atoms with Gasteiger partial charge in [-0.15, -0.1) is 0 Å². The lowest BCUT2D eigenvalue weighted by Crippen LogP contribution is -2.45. The van der Waals surface area contributed by atoms with Crippen molar-refractivity contribution in [3.8, 4) is 0 Å². The van der Waals surface area contributed by atoms with E-state index in [1.807, 2.05) is 13.8 Å². The summed E-state index contributed by atoms with van der Waals surface area (Å²) in [6.45, 7) is 3.59. The maximum Gasteiger partial charge on any atom is 0.252 e. The fraction of sp³-hybridized carbons (Fsp3) is 0.889. The van der Waals surface area contributed by atoms with E-state index >= 15 is 0 Å². The number of amides is 1. The maximum atomic E-state index is 11.6. The van der Waals surface area contributed by atoms with Gasteiger partial charge in [-0.05, 0) is 13.8 Å². The van der Waals surface area contributed by atoms with Gasteiger partial charge in [-0.25, -0.2) is 8.42 Å². The highest BCUT2D eigenvalue weighted by Gasteiger charge is 2.37. The summed E-state index contributed by atoms with van der Waals surface area (Å²) in [5.74, 6) is -0.537. The van der Waals surface area contributed by atoms with Crippen LogP contribution in [0.1, 0.15) is 13.8 Å². The first kappa shape index (κ1) is 13.4. The van der Waals surface area contributed by atoms with Crippen LogP contribution in [0.2, 0.25) is 0 Å². The highest BCUT2D eigenvalue weighted by Crippen LogP contribution is 2.15. The average Bonchev–Trinajstić information content (AvgIpc) is 2.47. The molecule has 0 aromatic rings. The first-order chi connectivity index (χ1) is 7.29. The van der Waals surface area contributed by atoms with Crippen molar-refractivity contribution in [1.82, 2.24) is 5.32 Å². The van der Waals surface area contributed by atoms with Crippen LogP contribution < -0.4 is 5.32 Å². The molecule has 0 spiro atoms. The summed E-state index contributed by atoms with van der Waals surface area (Å²) >= 11 is 0. The Morgan fingerprint density at radius 2 is 2.06 bits per heavy atom. The number of sulfone groups is 1. The fourth-order valence-corrected chi connectivity index (χ4v) is 2.31. The number of hydrogen-bond acceptors (Lipinski definition) is 5. The van der Waals surface area contributed by atoms with Crippen molar-refractivity contribution in [2.24, 2.45) is 0 Å². The van der Waals surface area contributed by atoms with Crippen LogP contribution in [-0.2, 0) is 24.1 Å². The van der Waals surface area contributed by atoms with Crippen molar-refractivity contribution in [2.75, 3.05) is 18.8 Å². The number of rotatable bonds is 4. The van der Waals surface area contributed by atoms with Crippen molar-refractivity contribution in [1.29, 1.82) is 0 Å². The molecule has 2 atom stereocenters. The Kier molecular flexibility index (Phi) is 4.28. The van der Waals surface area contributed by atoms with Crippen LogP contribution in [0.15, 0.2) is 0 Å². The number of carbonyl (C=O) groups is 1. The van der Waals surface area contributed by atoms with Gasteiger partial charge < -0.3 is 14.8 Å². The van der Waals surface area contributed by atoms with Gasteiger partial charge in [-0.1, -0.05) is 0 Å². The largest absolute Gasteiger partial charge is 0.352 e. The van der Waals surface area contributed by atoms with E-state index in [1.165, 1.54) is 0 Å². The Labute approximate surface area is 95.2 Å². The number of hydrogen-bond donors (Lipinski definition) is 1. The van der Waals surface area contributed by atoms with Crippen molar-refractivity contribution < 1.29 is 22.7 Å². The zero-order chi connectivity index (χ0) is 12.3. The Morgan fingerprint density at radius 1 is 1.44 bits per heavy atom. The molecule has 0 aliphatic carbocycles. The minimum absolute atomic E-state index is 0.0180. The Morgan fingerprint density at radius 3 is 2.56 bits per heavy atom. The molecule has 6 nitrogen and oxygen atoms in total. The van der Waals surface area contributed by atoms with Gasteiger partial charge in [-0.3, -0.25) is 4.79 Å². The van der Waals surface area contributed by atoms with Gasteiger partial charge in [0.1, 0.15) is 22.7 Å². The Hall–Kier alpha value is -0.660. The summed E-state index contributed by atoms with van der Waals surface area (Å²) in [6, 6.07) is -0.0180. The van der Waals surface area contributed by atoms with E-state index in [9.17, 15) is 13.2 Å². The number of ether oxygens (including phenoxy) is 2. The van der Waals surface area contributed by atoms with E-state index in [1.54, 1.807) is 0 Å². The van der Waals surface area contributed by atoms with Gasteiger partial charge in [0, 0.05) is 12.3 Å². The van der Waals surface area contributed by atoms with E-state index in [2.05, 4.69) is 5.32 Å². The summed E-state index contributed by atoms with van der Waals surface area (Å²) in [7, 11) is -3.19. The molecular weight excluding hydrogens is 234 g/mol.